The minimum absolute atomic E-state index is 0.00725. The van der Waals surface area contributed by atoms with Crippen LogP contribution in [0.4, 0.5) is 0 Å². The normalized spacial score (nSPS) is 28.1. The molecule has 8 atom stereocenters. The topological polar surface area (TPSA) is 84.8 Å². The molecule has 2 aromatic carbocycles. The van der Waals surface area contributed by atoms with E-state index in [1.807, 2.05) is 50.2 Å². The molecule has 0 amide bonds. The van der Waals surface area contributed by atoms with Crippen LogP contribution in [0.2, 0.25) is 36.3 Å². The zero-order chi connectivity index (χ0) is 37.8. The third-order valence-corrected chi connectivity index (χ3v) is 20.2. The van der Waals surface area contributed by atoms with Crippen molar-refractivity contribution in [3.05, 3.63) is 84.4 Å². The molecular weight excluding hydrogens is 677 g/mol. The summed E-state index contributed by atoms with van der Waals surface area (Å²) in [7, 11) is -4.58. The first-order chi connectivity index (χ1) is 23.6. The van der Waals surface area contributed by atoms with Crippen LogP contribution in [0.5, 0.6) is 0 Å². The van der Waals surface area contributed by atoms with E-state index in [1.165, 1.54) is 6.08 Å². The van der Waals surface area contributed by atoms with E-state index >= 15 is 0 Å². The molecule has 10 heteroatoms. The van der Waals surface area contributed by atoms with Crippen LogP contribution in [0.25, 0.3) is 0 Å². The average Bonchev–Trinajstić information content (AvgIpc) is 3.36. The molecule has 286 valence electrons. The van der Waals surface area contributed by atoms with Gasteiger partial charge >= 0.3 is 0 Å². The predicted octanol–water partition coefficient (Wildman–Crippen LogP) is 8.79. The largest absolute Gasteiger partial charge is 0.414 e. The maximum absolute atomic E-state index is 11.0. The van der Waals surface area contributed by atoms with Gasteiger partial charge in [0, 0.05) is 6.42 Å². The molecule has 1 N–H and O–H groups in total. The van der Waals surface area contributed by atoms with Gasteiger partial charge in [-0.25, -0.2) is 0 Å². The van der Waals surface area contributed by atoms with Gasteiger partial charge in [0.05, 0.1) is 32.0 Å². The van der Waals surface area contributed by atoms with Gasteiger partial charge in [0.25, 0.3) is 0 Å². The van der Waals surface area contributed by atoms with Crippen molar-refractivity contribution in [2.24, 2.45) is 0 Å². The minimum Gasteiger partial charge on any atom is -0.414 e. The monoisotopic (exact) mass is 742 g/mol. The maximum Gasteiger partial charge on any atom is 0.192 e. The Morgan fingerprint density at radius 2 is 1.25 bits per heavy atom. The Kier molecular flexibility index (Phi) is 13.8. The molecule has 8 nitrogen and oxygen atoms in total. The molecule has 0 saturated carbocycles. The summed E-state index contributed by atoms with van der Waals surface area (Å²) < 4.78 is 48.1. The number of benzene rings is 2. The fourth-order valence-corrected chi connectivity index (χ4v) is 8.44. The molecule has 0 bridgehead atoms. The van der Waals surface area contributed by atoms with Crippen LogP contribution in [0, 0.1) is 0 Å². The van der Waals surface area contributed by atoms with E-state index in [0.717, 1.165) is 11.1 Å². The van der Waals surface area contributed by atoms with E-state index in [9.17, 15) is 5.11 Å². The Labute approximate surface area is 310 Å². The summed E-state index contributed by atoms with van der Waals surface area (Å²) in [5.74, 6) is -0.890. The van der Waals surface area contributed by atoms with Gasteiger partial charge < -0.3 is 37.6 Å². The van der Waals surface area contributed by atoms with Crippen molar-refractivity contribution in [1.82, 2.24) is 0 Å². The molecule has 0 aromatic heterocycles. The molecular formula is C41H66O8Si2. The van der Waals surface area contributed by atoms with Crippen LogP contribution in [0.3, 0.4) is 0 Å². The Morgan fingerprint density at radius 1 is 0.745 bits per heavy atom. The summed E-state index contributed by atoms with van der Waals surface area (Å²) in [4.78, 5) is 0. The third kappa shape index (κ3) is 10.9. The molecule has 0 spiro atoms. The van der Waals surface area contributed by atoms with E-state index in [2.05, 4.69) is 98.6 Å². The van der Waals surface area contributed by atoms with E-state index in [1.54, 1.807) is 0 Å². The number of rotatable bonds is 15. The molecule has 4 rings (SSSR count). The molecule has 51 heavy (non-hydrogen) atoms. The van der Waals surface area contributed by atoms with Crippen LogP contribution in [0.15, 0.2) is 73.3 Å². The molecule has 0 radical (unpaired) electrons. The Balaban J connectivity index is 1.81. The smallest absolute Gasteiger partial charge is 0.192 e. The Morgan fingerprint density at radius 3 is 1.75 bits per heavy atom. The molecule has 2 saturated heterocycles. The minimum atomic E-state index is -2.40. The first kappa shape index (κ1) is 42.0. The summed E-state index contributed by atoms with van der Waals surface area (Å²) in [6, 6.07) is 20.4. The van der Waals surface area contributed by atoms with Gasteiger partial charge in [0.1, 0.15) is 36.6 Å². The van der Waals surface area contributed by atoms with E-state index in [4.69, 9.17) is 32.5 Å². The van der Waals surface area contributed by atoms with E-state index in [-0.39, 0.29) is 10.1 Å². The quantitative estimate of drug-likeness (QED) is 0.143. The fraction of sp³-hybridized carbons (Fsp3) is 0.659. The second-order valence-electron chi connectivity index (χ2n) is 17.8. The molecule has 0 unspecified atom stereocenters. The number of aliphatic hydroxyl groups is 1. The first-order valence-electron chi connectivity index (χ1n) is 18.6. The van der Waals surface area contributed by atoms with Gasteiger partial charge in [-0.05, 0) is 61.2 Å². The van der Waals surface area contributed by atoms with Gasteiger partial charge in [0.2, 0.25) is 0 Å². The van der Waals surface area contributed by atoms with Crippen LogP contribution in [-0.2, 0) is 45.8 Å². The lowest BCUT2D eigenvalue weighted by molar-refractivity contribution is -0.259. The number of hydrogen-bond donors (Lipinski definition) is 1. The molecule has 2 aliphatic heterocycles. The van der Waals surface area contributed by atoms with Crippen molar-refractivity contribution in [2.75, 3.05) is 6.61 Å². The highest BCUT2D eigenvalue weighted by Gasteiger charge is 2.55. The van der Waals surface area contributed by atoms with Crippen molar-refractivity contribution >= 4 is 16.6 Å². The van der Waals surface area contributed by atoms with Gasteiger partial charge in [-0.2, -0.15) is 0 Å². The Hall–Kier alpha value is -1.71. The third-order valence-electron chi connectivity index (χ3n) is 11.2. The first-order valence-corrected chi connectivity index (χ1v) is 24.4. The van der Waals surface area contributed by atoms with Crippen LogP contribution in [-0.4, -0.2) is 83.0 Å². The Bertz CT molecular complexity index is 1370. The van der Waals surface area contributed by atoms with Crippen LogP contribution < -0.4 is 0 Å². The molecule has 2 aromatic rings. The van der Waals surface area contributed by atoms with Crippen molar-refractivity contribution in [3.8, 4) is 0 Å². The molecule has 2 fully saturated rings. The lowest BCUT2D eigenvalue weighted by Crippen LogP contribution is -2.65. The zero-order valence-electron chi connectivity index (χ0n) is 33.3. The SMILES string of the molecule is C=C[C@H](O)[C@H]1OC(C)(C)O[C@@H]1C[C@H]1O[C@H](CO[Si](C)(C)C(C)(C)C)[C@@H](OCc2ccccc2)[C@H](OCc2ccccc2)[C@H]1O[Si](C)(C)C(C)(C)C. The summed E-state index contributed by atoms with van der Waals surface area (Å²) >= 11 is 0. The average molecular weight is 743 g/mol. The van der Waals surface area contributed by atoms with Crippen LogP contribution >= 0.6 is 0 Å². The molecule has 0 aliphatic carbocycles. The van der Waals surface area contributed by atoms with Gasteiger partial charge in [0.15, 0.2) is 22.4 Å². The van der Waals surface area contributed by atoms with Crippen molar-refractivity contribution in [2.45, 2.75) is 166 Å². The summed E-state index contributed by atoms with van der Waals surface area (Å²) in [5.41, 5.74) is 2.12. The van der Waals surface area contributed by atoms with Crippen molar-refractivity contribution in [1.29, 1.82) is 0 Å². The van der Waals surface area contributed by atoms with E-state index in [0.29, 0.717) is 26.2 Å². The number of ether oxygens (including phenoxy) is 5. The lowest BCUT2D eigenvalue weighted by atomic mass is 9.90. The summed E-state index contributed by atoms with van der Waals surface area (Å²) in [5, 5.41) is 10.9. The predicted molar refractivity (Wildman–Crippen MR) is 209 cm³/mol. The fourth-order valence-electron chi connectivity index (χ4n) is 6.10. The van der Waals surface area contributed by atoms with E-state index < -0.39 is 71.3 Å². The highest BCUT2D eigenvalue weighted by Crippen LogP contribution is 2.43. The van der Waals surface area contributed by atoms with Crippen LogP contribution in [0.1, 0.15) is 72.9 Å². The highest BCUT2D eigenvalue weighted by molar-refractivity contribution is 6.74. The number of aliphatic hydroxyl groups excluding tert-OH is 1. The zero-order valence-corrected chi connectivity index (χ0v) is 35.3. The molecule has 2 heterocycles. The second kappa shape index (κ2) is 16.8. The van der Waals surface area contributed by atoms with Gasteiger partial charge in [-0.3, -0.25) is 0 Å². The van der Waals surface area contributed by atoms with Gasteiger partial charge in [-0.15, -0.1) is 6.58 Å². The van der Waals surface area contributed by atoms with Crippen molar-refractivity contribution in [3.63, 3.8) is 0 Å². The lowest BCUT2D eigenvalue weighted by Gasteiger charge is -2.51. The maximum atomic E-state index is 11.0. The second-order valence-corrected chi connectivity index (χ2v) is 27.3. The summed E-state index contributed by atoms with van der Waals surface area (Å²) in [6.45, 7) is 31.2. The van der Waals surface area contributed by atoms with Crippen molar-refractivity contribution < 1.29 is 37.6 Å². The highest BCUT2D eigenvalue weighted by atomic mass is 28.4. The standard InChI is InChI=1S/C41H66O8Si2/c1-14-31(42)35-33(47-41(8,9)48-35)25-32-37(49-51(12,13)40(5,6)7)38(44-27-30-23-19-16-20-24-30)36(43-26-29-21-17-15-18-22-29)34(46-32)28-45-50(10,11)39(2,3)4/h14-24,31-38,42H,1,25-28H2,2-13H3/t31-,32+,33+,34+,35+,36+,37-,38-/m0/s1. The summed E-state index contributed by atoms with van der Waals surface area (Å²) in [6.07, 6.45) is -2.57. The van der Waals surface area contributed by atoms with Gasteiger partial charge in [-0.1, -0.05) is 108 Å². The molecule has 2 aliphatic rings. The number of hydrogen-bond acceptors (Lipinski definition) is 8.